The molecule has 1 aliphatic rings. The van der Waals surface area contributed by atoms with Gasteiger partial charge >= 0.3 is 0 Å². The lowest BCUT2D eigenvalue weighted by atomic mass is 10.3. The molecule has 2 atom stereocenters. The predicted octanol–water partition coefficient (Wildman–Crippen LogP) is -2.71. The largest absolute Gasteiger partial charge is 0.549 e. The maximum Gasteiger partial charge on any atom is 0.0495 e. The highest BCUT2D eigenvalue weighted by atomic mass is 16.4. The van der Waals surface area contributed by atoms with Crippen molar-refractivity contribution in [1.29, 1.82) is 0 Å². The predicted molar refractivity (Wildman–Crippen MR) is 26.1 cm³/mol. The number of carbonyl (C=O) groups excluding carboxylic acids is 2. The maximum atomic E-state index is 10.0. The van der Waals surface area contributed by atoms with E-state index in [1.165, 1.54) is 0 Å². The van der Waals surface area contributed by atoms with Gasteiger partial charge in [0.2, 0.25) is 0 Å². The van der Waals surface area contributed by atoms with Crippen LogP contribution in [0.2, 0.25) is 0 Å². The fourth-order valence-electron chi connectivity index (χ4n) is 0.890. The minimum atomic E-state index is -1.39. The van der Waals surface area contributed by atoms with E-state index in [0.29, 0.717) is 0 Å². The maximum absolute atomic E-state index is 10.0. The molecule has 0 N–H and O–H groups in total. The molecule has 0 aromatic heterocycles. The lowest BCUT2D eigenvalue weighted by molar-refractivity contribution is -0.316. The average Bonchev–Trinajstić information content (AvgIpc) is 2.40. The first-order valence-electron chi connectivity index (χ1n) is 2.66. The SMILES string of the molecule is C=C1[C@H](C(=O)[O-])[C@@H]1C(=O)[O-]. The number of rotatable bonds is 2. The molecule has 10 heavy (non-hydrogen) atoms. The summed E-state index contributed by atoms with van der Waals surface area (Å²) in [6.45, 7) is 3.23. The fourth-order valence-corrected chi connectivity index (χ4v) is 0.890. The fraction of sp³-hybridized carbons (Fsp3) is 0.333. The van der Waals surface area contributed by atoms with Crippen LogP contribution in [0.4, 0.5) is 0 Å². The van der Waals surface area contributed by atoms with Crippen LogP contribution in [0.3, 0.4) is 0 Å². The highest BCUT2D eigenvalue weighted by Crippen LogP contribution is 2.43. The number of aliphatic carboxylic acids is 2. The molecule has 0 aromatic carbocycles. The Balaban J connectivity index is 2.66. The van der Waals surface area contributed by atoms with Gasteiger partial charge in [0, 0.05) is 23.8 Å². The van der Waals surface area contributed by atoms with Crippen LogP contribution in [0.5, 0.6) is 0 Å². The zero-order valence-corrected chi connectivity index (χ0v) is 4.99. The first-order valence-corrected chi connectivity index (χ1v) is 2.66. The second-order valence-electron chi connectivity index (χ2n) is 2.17. The third-order valence-corrected chi connectivity index (χ3v) is 1.53. The molecule has 0 heterocycles. The lowest BCUT2D eigenvalue weighted by Crippen LogP contribution is -2.30. The van der Waals surface area contributed by atoms with Gasteiger partial charge in [0.15, 0.2) is 0 Å². The number of hydrogen-bond acceptors (Lipinski definition) is 4. The van der Waals surface area contributed by atoms with Gasteiger partial charge < -0.3 is 19.8 Å². The van der Waals surface area contributed by atoms with Crippen molar-refractivity contribution in [1.82, 2.24) is 0 Å². The molecule has 0 saturated heterocycles. The van der Waals surface area contributed by atoms with Gasteiger partial charge in [0.25, 0.3) is 0 Å². The highest BCUT2D eigenvalue weighted by molar-refractivity contribution is 5.91. The Kier molecular flexibility index (Phi) is 1.24. The summed E-state index contributed by atoms with van der Waals surface area (Å²) in [6.07, 6.45) is 0. The molecule has 0 unspecified atom stereocenters. The number of carbonyl (C=O) groups is 2. The van der Waals surface area contributed by atoms with Crippen LogP contribution in [-0.4, -0.2) is 11.9 Å². The third-order valence-electron chi connectivity index (χ3n) is 1.53. The number of carboxylic acids is 2. The Labute approximate surface area is 56.8 Å². The zero-order chi connectivity index (χ0) is 7.89. The molecule has 54 valence electrons. The summed E-state index contributed by atoms with van der Waals surface area (Å²) in [4.78, 5) is 20.0. The van der Waals surface area contributed by atoms with E-state index in [1.54, 1.807) is 0 Å². The van der Waals surface area contributed by atoms with Crippen molar-refractivity contribution in [2.24, 2.45) is 11.8 Å². The Morgan fingerprint density at radius 1 is 1.20 bits per heavy atom. The van der Waals surface area contributed by atoms with Gasteiger partial charge in [-0.3, -0.25) is 0 Å². The van der Waals surface area contributed by atoms with Crippen molar-refractivity contribution >= 4 is 11.9 Å². The quantitative estimate of drug-likeness (QED) is 0.390. The van der Waals surface area contributed by atoms with Crippen LogP contribution in [-0.2, 0) is 9.59 Å². The normalized spacial score (nSPS) is 29.8. The standard InChI is InChI=1S/C6H6O4/c1-2-3(5(7)8)4(2)6(9)10/h3-4H,1H2,(H,7,8)(H,9,10)/p-2/t3-,4+. The molecule has 0 radical (unpaired) electrons. The van der Waals surface area contributed by atoms with E-state index < -0.39 is 23.8 Å². The molecule has 0 amide bonds. The molecule has 1 rings (SSSR count). The van der Waals surface area contributed by atoms with Crippen molar-refractivity contribution in [2.45, 2.75) is 0 Å². The molecule has 0 spiro atoms. The summed E-state index contributed by atoms with van der Waals surface area (Å²) < 4.78 is 0. The lowest BCUT2D eigenvalue weighted by Gasteiger charge is -1.98. The first-order chi connectivity index (χ1) is 4.55. The second-order valence-corrected chi connectivity index (χ2v) is 2.17. The van der Waals surface area contributed by atoms with Crippen molar-refractivity contribution in [3.05, 3.63) is 12.2 Å². The minimum absolute atomic E-state index is 0.167. The monoisotopic (exact) mass is 140 g/mol. The minimum Gasteiger partial charge on any atom is -0.549 e. The van der Waals surface area contributed by atoms with Crippen LogP contribution >= 0.6 is 0 Å². The highest BCUT2D eigenvalue weighted by Gasteiger charge is 2.44. The molecular formula is C6H4O4-2. The summed E-state index contributed by atoms with van der Waals surface area (Å²) in [5.41, 5.74) is 0.167. The summed E-state index contributed by atoms with van der Waals surface area (Å²) in [5.74, 6) is -4.83. The van der Waals surface area contributed by atoms with Crippen molar-refractivity contribution in [2.75, 3.05) is 0 Å². The van der Waals surface area contributed by atoms with E-state index >= 15 is 0 Å². The molecule has 0 aromatic rings. The van der Waals surface area contributed by atoms with E-state index in [9.17, 15) is 19.8 Å². The first kappa shape index (κ1) is 6.80. The molecule has 0 bridgehead atoms. The molecule has 0 aliphatic heterocycles. The molecular weight excluding hydrogens is 136 g/mol. The van der Waals surface area contributed by atoms with Gasteiger partial charge in [0.05, 0.1) is 0 Å². The zero-order valence-electron chi connectivity index (χ0n) is 4.99. The summed E-state index contributed by atoms with van der Waals surface area (Å²) in [5, 5.41) is 20.0. The van der Waals surface area contributed by atoms with Gasteiger partial charge in [-0.05, 0) is 0 Å². The second kappa shape index (κ2) is 1.83. The molecule has 1 aliphatic carbocycles. The molecule has 4 nitrogen and oxygen atoms in total. The third kappa shape index (κ3) is 0.775. The van der Waals surface area contributed by atoms with E-state index in [0.717, 1.165) is 0 Å². The topological polar surface area (TPSA) is 80.3 Å². The van der Waals surface area contributed by atoms with Crippen LogP contribution in [0.1, 0.15) is 0 Å². The molecule has 4 heteroatoms. The Morgan fingerprint density at radius 2 is 1.50 bits per heavy atom. The Bertz CT molecular complexity index is 196. The van der Waals surface area contributed by atoms with Crippen LogP contribution in [0, 0.1) is 11.8 Å². The summed E-state index contributed by atoms with van der Waals surface area (Å²) in [6, 6.07) is 0. The van der Waals surface area contributed by atoms with Crippen LogP contribution < -0.4 is 10.2 Å². The Hall–Kier alpha value is -1.32. The Morgan fingerprint density at radius 3 is 1.60 bits per heavy atom. The average molecular weight is 140 g/mol. The number of hydrogen-bond donors (Lipinski definition) is 0. The summed E-state index contributed by atoms with van der Waals surface area (Å²) >= 11 is 0. The van der Waals surface area contributed by atoms with Crippen molar-refractivity contribution in [3.63, 3.8) is 0 Å². The van der Waals surface area contributed by atoms with Gasteiger partial charge in [-0.25, -0.2) is 0 Å². The molecule has 1 fully saturated rings. The van der Waals surface area contributed by atoms with E-state index in [1.807, 2.05) is 0 Å². The van der Waals surface area contributed by atoms with Crippen molar-refractivity contribution in [3.8, 4) is 0 Å². The molecule has 1 saturated carbocycles. The smallest absolute Gasteiger partial charge is 0.0495 e. The van der Waals surface area contributed by atoms with E-state index in [4.69, 9.17) is 0 Å². The van der Waals surface area contributed by atoms with Crippen LogP contribution in [0.15, 0.2) is 12.2 Å². The summed E-state index contributed by atoms with van der Waals surface area (Å²) in [7, 11) is 0. The van der Waals surface area contributed by atoms with Gasteiger partial charge in [-0.2, -0.15) is 0 Å². The van der Waals surface area contributed by atoms with E-state index in [2.05, 4.69) is 6.58 Å². The van der Waals surface area contributed by atoms with Gasteiger partial charge in [-0.1, -0.05) is 12.2 Å². The van der Waals surface area contributed by atoms with E-state index in [-0.39, 0.29) is 5.57 Å². The number of carboxylic acid groups (broad SMARTS) is 2. The van der Waals surface area contributed by atoms with Gasteiger partial charge in [-0.15, -0.1) is 0 Å². The van der Waals surface area contributed by atoms with Gasteiger partial charge in [0.1, 0.15) is 0 Å². The van der Waals surface area contributed by atoms with Crippen LogP contribution in [0.25, 0.3) is 0 Å². The van der Waals surface area contributed by atoms with Crippen molar-refractivity contribution < 1.29 is 19.8 Å².